The Morgan fingerprint density at radius 3 is 2.38 bits per heavy atom. The van der Waals surface area contributed by atoms with E-state index in [9.17, 15) is 4.79 Å². The zero-order chi connectivity index (χ0) is 10.0. The summed E-state index contributed by atoms with van der Waals surface area (Å²) < 4.78 is 0. The van der Waals surface area contributed by atoms with Gasteiger partial charge in [0.05, 0.1) is 10.9 Å². The summed E-state index contributed by atoms with van der Waals surface area (Å²) >= 11 is 17.1. The van der Waals surface area contributed by atoms with Crippen LogP contribution >= 0.6 is 34.8 Å². The number of hydrogen-bond acceptors (Lipinski definition) is 1. The lowest BCUT2D eigenvalue weighted by atomic mass is 10.1. The largest absolute Gasteiger partial charge is 0.293 e. The third-order valence-electron chi connectivity index (χ3n) is 1.75. The molecule has 0 aliphatic rings. The van der Waals surface area contributed by atoms with Crippen LogP contribution in [0.4, 0.5) is 0 Å². The van der Waals surface area contributed by atoms with Gasteiger partial charge in [-0.25, -0.2) is 0 Å². The van der Waals surface area contributed by atoms with Crippen molar-refractivity contribution in [2.45, 2.75) is 6.92 Å². The fourth-order valence-corrected chi connectivity index (χ4v) is 1.66. The first kappa shape index (κ1) is 10.8. The molecular weight excluding hydrogens is 230 g/mol. The molecule has 0 heterocycles. The quantitative estimate of drug-likeness (QED) is 0.566. The number of carbonyl (C=O) groups is 1. The molecule has 0 aliphatic heterocycles. The molecule has 70 valence electrons. The SMILES string of the molecule is Cc1c(Cl)ccc(Cl)c1C(=O)CCl. The molecule has 0 bridgehead atoms. The lowest BCUT2D eigenvalue weighted by Gasteiger charge is -2.06. The minimum Gasteiger partial charge on any atom is -0.293 e. The lowest BCUT2D eigenvalue weighted by molar-refractivity contribution is 0.102. The van der Waals surface area contributed by atoms with Crippen LogP contribution in [0.3, 0.4) is 0 Å². The molecule has 0 saturated heterocycles. The van der Waals surface area contributed by atoms with Crippen LogP contribution in [0, 0.1) is 6.92 Å². The molecule has 4 heteroatoms. The summed E-state index contributed by atoms with van der Waals surface area (Å²) in [6, 6.07) is 3.25. The summed E-state index contributed by atoms with van der Waals surface area (Å²) in [5.41, 5.74) is 1.10. The monoisotopic (exact) mass is 236 g/mol. The Labute approximate surface area is 91.6 Å². The maximum atomic E-state index is 11.3. The molecule has 1 aromatic carbocycles. The van der Waals surface area contributed by atoms with Gasteiger partial charge in [-0.1, -0.05) is 23.2 Å². The number of benzene rings is 1. The molecule has 13 heavy (non-hydrogen) atoms. The smallest absolute Gasteiger partial charge is 0.179 e. The summed E-state index contributed by atoms with van der Waals surface area (Å²) in [5, 5.41) is 0.922. The van der Waals surface area contributed by atoms with Crippen LogP contribution in [-0.4, -0.2) is 11.7 Å². The number of Topliss-reactive ketones (excluding diaryl/α,β-unsaturated/α-hetero) is 1. The number of ketones is 1. The topological polar surface area (TPSA) is 17.1 Å². The van der Waals surface area contributed by atoms with Gasteiger partial charge in [-0.15, -0.1) is 11.6 Å². The number of alkyl halides is 1. The fourth-order valence-electron chi connectivity index (χ4n) is 1.06. The van der Waals surface area contributed by atoms with Gasteiger partial charge in [0.1, 0.15) is 0 Å². The summed E-state index contributed by atoms with van der Waals surface area (Å²) in [7, 11) is 0. The number of rotatable bonds is 2. The van der Waals surface area contributed by atoms with Crippen molar-refractivity contribution in [1.29, 1.82) is 0 Å². The van der Waals surface area contributed by atoms with Gasteiger partial charge in [-0.2, -0.15) is 0 Å². The lowest BCUT2D eigenvalue weighted by Crippen LogP contribution is -2.04. The zero-order valence-corrected chi connectivity index (χ0v) is 9.17. The molecule has 0 fully saturated rings. The van der Waals surface area contributed by atoms with E-state index in [1.54, 1.807) is 19.1 Å². The van der Waals surface area contributed by atoms with Gasteiger partial charge in [0.25, 0.3) is 0 Å². The highest BCUT2D eigenvalue weighted by atomic mass is 35.5. The average molecular weight is 238 g/mol. The third-order valence-corrected chi connectivity index (χ3v) is 2.72. The van der Waals surface area contributed by atoms with Crippen LogP contribution in [-0.2, 0) is 0 Å². The van der Waals surface area contributed by atoms with E-state index in [-0.39, 0.29) is 11.7 Å². The van der Waals surface area contributed by atoms with Gasteiger partial charge in [0.15, 0.2) is 5.78 Å². The van der Waals surface area contributed by atoms with Crippen molar-refractivity contribution >= 4 is 40.6 Å². The molecule has 0 aromatic heterocycles. The molecule has 0 unspecified atom stereocenters. The second kappa shape index (κ2) is 4.32. The van der Waals surface area contributed by atoms with Crippen LogP contribution in [0.5, 0.6) is 0 Å². The second-order valence-electron chi connectivity index (χ2n) is 2.59. The summed E-state index contributed by atoms with van der Waals surface area (Å²) in [5.74, 6) is -0.285. The molecule has 1 nitrogen and oxygen atoms in total. The number of carbonyl (C=O) groups excluding carboxylic acids is 1. The Hall–Kier alpha value is -0.240. The van der Waals surface area contributed by atoms with Gasteiger partial charge in [-0.05, 0) is 24.6 Å². The van der Waals surface area contributed by atoms with E-state index in [4.69, 9.17) is 34.8 Å². The van der Waals surface area contributed by atoms with E-state index < -0.39 is 0 Å². The van der Waals surface area contributed by atoms with E-state index >= 15 is 0 Å². The van der Waals surface area contributed by atoms with Gasteiger partial charge in [0.2, 0.25) is 0 Å². The molecule has 0 aliphatic carbocycles. The van der Waals surface area contributed by atoms with Crippen LogP contribution in [0.25, 0.3) is 0 Å². The first-order valence-corrected chi connectivity index (χ1v) is 4.90. The molecule has 1 rings (SSSR count). The number of halogens is 3. The van der Waals surface area contributed by atoms with Gasteiger partial charge < -0.3 is 0 Å². The van der Waals surface area contributed by atoms with Crippen molar-refractivity contribution in [3.8, 4) is 0 Å². The van der Waals surface area contributed by atoms with Crippen LogP contribution < -0.4 is 0 Å². The van der Waals surface area contributed by atoms with Gasteiger partial charge in [0, 0.05) is 10.6 Å². The molecule has 1 aromatic rings. The third kappa shape index (κ3) is 2.16. The molecule has 0 radical (unpaired) electrons. The Balaban J connectivity index is 3.33. The predicted molar refractivity (Wildman–Crippen MR) is 56.2 cm³/mol. The first-order valence-electron chi connectivity index (χ1n) is 3.61. The Morgan fingerprint density at radius 1 is 1.31 bits per heavy atom. The van der Waals surface area contributed by atoms with E-state index in [0.29, 0.717) is 21.2 Å². The highest BCUT2D eigenvalue weighted by molar-refractivity contribution is 6.39. The summed E-state index contributed by atoms with van der Waals surface area (Å²) in [6.07, 6.45) is 0. The maximum absolute atomic E-state index is 11.3. The van der Waals surface area contributed by atoms with Crippen LogP contribution in [0.15, 0.2) is 12.1 Å². The molecule has 0 amide bonds. The van der Waals surface area contributed by atoms with E-state index in [0.717, 1.165) is 0 Å². The maximum Gasteiger partial charge on any atom is 0.179 e. The van der Waals surface area contributed by atoms with E-state index in [2.05, 4.69) is 0 Å². The highest BCUT2D eigenvalue weighted by Gasteiger charge is 2.14. The van der Waals surface area contributed by atoms with Crippen molar-refractivity contribution in [1.82, 2.24) is 0 Å². The van der Waals surface area contributed by atoms with Crippen molar-refractivity contribution in [3.05, 3.63) is 33.3 Å². The van der Waals surface area contributed by atoms with Crippen molar-refractivity contribution in [3.63, 3.8) is 0 Å². The molecule has 0 spiro atoms. The van der Waals surface area contributed by atoms with Crippen molar-refractivity contribution in [2.24, 2.45) is 0 Å². The normalized spacial score (nSPS) is 10.2. The van der Waals surface area contributed by atoms with Crippen molar-refractivity contribution in [2.75, 3.05) is 5.88 Å². The van der Waals surface area contributed by atoms with Gasteiger partial charge in [-0.3, -0.25) is 4.79 Å². The standard InChI is InChI=1S/C9H7Cl3O/c1-5-6(11)2-3-7(12)9(5)8(13)4-10/h2-3H,4H2,1H3. The summed E-state index contributed by atoms with van der Waals surface area (Å²) in [6.45, 7) is 1.74. The minimum absolute atomic E-state index is 0.0824. The van der Waals surface area contributed by atoms with E-state index in [1.807, 2.05) is 0 Å². The zero-order valence-electron chi connectivity index (χ0n) is 6.90. The van der Waals surface area contributed by atoms with Crippen LogP contribution in [0.2, 0.25) is 10.0 Å². The Bertz CT molecular complexity index is 347. The van der Waals surface area contributed by atoms with E-state index in [1.165, 1.54) is 0 Å². The predicted octanol–water partition coefficient (Wildman–Crippen LogP) is 3.72. The molecule has 0 saturated carbocycles. The Morgan fingerprint density at radius 2 is 1.85 bits per heavy atom. The first-order chi connectivity index (χ1) is 6.07. The molecule has 0 N–H and O–H groups in total. The van der Waals surface area contributed by atoms with Crippen molar-refractivity contribution < 1.29 is 4.79 Å². The highest BCUT2D eigenvalue weighted by Crippen LogP contribution is 2.26. The fraction of sp³-hybridized carbons (Fsp3) is 0.222. The van der Waals surface area contributed by atoms with Gasteiger partial charge >= 0.3 is 0 Å². The molecule has 0 atom stereocenters. The number of hydrogen-bond donors (Lipinski definition) is 0. The summed E-state index contributed by atoms with van der Waals surface area (Å²) in [4.78, 5) is 11.3. The second-order valence-corrected chi connectivity index (χ2v) is 3.67. The average Bonchev–Trinajstić information content (AvgIpc) is 2.12. The Kier molecular flexibility index (Phi) is 3.60. The van der Waals surface area contributed by atoms with Crippen LogP contribution in [0.1, 0.15) is 15.9 Å². The molecular formula is C9H7Cl3O. The minimum atomic E-state index is -0.202.